The summed E-state index contributed by atoms with van der Waals surface area (Å²) >= 11 is 0. The van der Waals surface area contributed by atoms with Gasteiger partial charge >= 0.3 is 0 Å². The molecule has 0 spiro atoms. The summed E-state index contributed by atoms with van der Waals surface area (Å²) in [5.74, 6) is 0.0248. The molecule has 1 unspecified atom stereocenters. The Labute approximate surface area is 117 Å². The van der Waals surface area contributed by atoms with Crippen LogP contribution >= 0.6 is 0 Å². The Kier molecular flexibility index (Phi) is 4.57. The number of nitrogens with zero attached hydrogens (tertiary/aromatic N) is 2. The number of hydrogen-bond donors (Lipinski definition) is 2. The summed E-state index contributed by atoms with van der Waals surface area (Å²) in [4.78, 5) is 14.0. The molecule has 6 heteroatoms. The highest BCUT2D eigenvalue weighted by Crippen LogP contribution is 2.12. The third-order valence-corrected chi connectivity index (χ3v) is 3.47. The number of nitrogens with two attached hydrogens (primary N) is 1. The van der Waals surface area contributed by atoms with Crippen LogP contribution in [0.25, 0.3) is 0 Å². The predicted molar refractivity (Wildman–Crippen MR) is 74.6 cm³/mol. The first kappa shape index (κ1) is 14.3. The highest BCUT2D eigenvalue weighted by atomic mass is 16.5. The van der Waals surface area contributed by atoms with Crippen LogP contribution in [-0.4, -0.2) is 47.7 Å². The van der Waals surface area contributed by atoms with Crippen molar-refractivity contribution in [2.45, 2.75) is 19.4 Å². The quantitative estimate of drug-likeness (QED) is 0.365. The van der Waals surface area contributed by atoms with Crippen LogP contribution in [0.1, 0.15) is 11.1 Å². The fraction of sp³-hybridized carbons (Fsp3) is 0.429. The molecule has 3 N–H and O–H groups in total. The SMILES string of the molecule is Cc1ccccc1CC(=O)N1CCOC(C(N)=NO)C1. The number of oxime groups is 1. The normalized spacial score (nSPS) is 19.9. The van der Waals surface area contributed by atoms with Gasteiger partial charge in [-0.2, -0.15) is 0 Å². The van der Waals surface area contributed by atoms with Crippen molar-refractivity contribution >= 4 is 11.7 Å². The smallest absolute Gasteiger partial charge is 0.227 e. The molecule has 0 saturated carbocycles. The fourth-order valence-electron chi connectivity index (χ4n) is 2.20. The zero-order chi connectivity index (χ0) is 14.5. The second-order valence-electron chi connectivity index (χ2n) is 4.83. The zero-order valence-corrected chi connectivity index (χ0v) is 11.5. The summed E-state index contributed by atoms with van der Waals surface area (Å²) in [7, 11) is 0. The second-order valence-corrected chi connectivity index (χ2v) is 4.83. The molecule has 0 bridgehead atoms. The van der Waals surface area contributed by atoms with Crippen molar-refractivity contribution in [2.24, 2.45) is 10.9 Å². The number of benzene rings is 1. The summed E-state index contributed by atoms with van der Waals surface area (Å²) < 4.78 is 5.38. The summed E-state index contributed by atoms with van der Waals surface area (Å²) in [5.41, 5.74) is 7.64. The Hall–Kier alpha value is -2.08. The number of rotatable bonds is 3. The minimum atomic E-state index is -0.533. The first-order valence-corrected chi connectivity index (χ1v) is 6.53. The van der Waals surface area contributed by atoms with E-state index in [0.717, 1.165) is 11.1 Å². The largest absolute Gasteiger partial charge is 0.409 e. The van der Waals surface area contributed by atoms with Crippen molar-refractivity contribution in [3.05, 3.63) is 35.4 Å². The summed E-state index contributed by atoms with van der Waals surface area (Å²) in [5, 5.41) is 11.6. The van der Waals surface area contributed by atoms with E-state index in [1.807, 2.05) is 31.2 Å². The van der Waals surface area contributed by atoms with E-state index in [9.17, 15) is 4.79 Å². The van der Waals surface area contributed by atoms with Crippen molar-refractivity contribution in [1.29, 1.82) is 0 Å². The highest BCUT2D eigenvalue weighted by molar-refractivity contribution is 5.86. The van der Waals surface area contributed by atoms with E-state index in [0.29, 0.717) is 26.1 Å². The van der Waals surface area contributed by atoms with Crippen LogP contribution in [0, 0.1) is 6.92 Å². The Morgan fingerprint density at radius 2 is 2.30 bits per heavy atom. The molecule has 0 radical (unpaired) electrons. The van der Waals surface area contributed by atoms with Gasteiger partial charge in [-0.15, -0.1) is 0 Å². The third-order valence-electron chi connectivity index (χ3n) is 3.47. The van der Waals surface area contributed by atoms with Crippen molar-refractivity contribution in [3.63, 3.8) is 0 Å². The first-order valence-electron chi connectivity index (χ1n) is 6.53. The van der Waals surface area contributed by atoms with Gasteiger partial charge in [-0.1, -0.05) is 29.4 Å². The van der Waals surface area contributed by atoms with Crippen LogP contribution in [0.5, 0.6) is 0 Å². The molecule has 1 saturated heterocycles. The van der Waals surface area contributed by atoms with Crippen molar-refractivity contribution < 1.29 is 14.7 Å². The molecule has 2 rings (SSSR count). The maximum absolute atomic E-state index is 12.3. The maximum atomic E-state index is 12.3. The maximum Gasteiger partial charge on any atom is 0.227 e. The lowest BCUT2D eigenvalue weighted by atomic mass is 10.0. The van der Waals surface area contributed by atoms with Gasteiger partial charge < -0.3 is 20.6 Å². The summed E-state index contributed by atoms with van der Waals surface area (Å²) in [6.07, 6.45) is -0.176. The van der Waals surface area contributed by atoms with E-state index in [2.05, 4.69) is 5.16 Å². The minimum absolute atomic E-state index is 0.00149. The van der Waals surface area contributed by atoms with Gasteiger partial charge in [-0.05, 0) is 18.1 Å². The average molecular weight is 277 g/mol. The molecule has 1 aliphatic rings. The fourth-order valence-corrected chi connectivity index (χ4v) is 2.20. The standard InChI is InChI=1S/C14H19N3O3/c1-10-4-2-3-5-11(10)8-13(18)17-6-7-20-12(9-17)14(15)16-19/h2-5,12,19H,6-9H2,1H3,(H2,15,16). The third kappa shape index (κ3) is 3.27. The van der Waals surface area contributed by atoms with E-state index >= 15 is 0 Å². The Bertz CT molecular complexity index is 516. The van der Waals surface area contributed by atoms with Crippen LogP contribution in [0.2, 0.25) is 0 Å². The van der Waals surface area contributed by atoms with Gasteiger partial charge in [0, 0.05) is 6.54 Å². The molecule has 20 heavy (non-hydrogen) atoms. The molecular weight excluding hydrogens is 258 g/mol. The summed E-state index contributed by atoms with van der Waals surface area (Å²) in [6.45, 7) is 3.22. The molecule has 1 heterocycles. The number of aryl methyl sites for hydroxylation is 1. The van der Waals surface area contributed by atoms with Gasteiger partial charge in [0.15, 0.2) is 5.84 Å². The molecule has 1 fully saturated rings. The summed E-state index contributed by atoms with van der Waals surface area (Å²) in [6, 6.07) is 7.82. The van der Waals surface area contributed by atoms with Crippen LogP contribution in [0.4, 0.5) is 0 Å². The van der Waals surface area contributed by atoms with Gasteiger partial charge in [0.25, 0.3) is 0 Å². The molecule has 0 aliphatic carbocycles. The number of hydrogen-bond acceptors (Lipinski definition) is 4. The zero-order valence-electron chi connectivity index (χ0n) is 11.5. The lowest BCUT2D eigenvalue weighted by molar-refractivity contribution is -0.136. The van der Waals surface area contributed by atoms with Gasteiger partial charge in [0.2, 0.25) is 5.91 Å². The Morgan fingerprint density at radius 3 is 3.00 bits per heavy atom. The number of carbonyl (C=O) groups excluding carboxylic acids is 1. The number of amides is 1. The van der Waals surface area contributed by atoms with E-state index in [4.69, 9.17) is 15.7 Å². The first-order chi connectivity index (χ1) is 9.61. The number of morpholine rings is 1. The molecule has 1 aliphatic heterocycles. The Balaban J connectivity index is 2.01. The lowest BCUT2D eigenvalue weighted by Gasteiger charge is -2.32. The predicted octanol–water partition coefficient (Wildman–Crippen LogP) is 0.511. The van der Waals surface area contributed by atoms with Gasteiger partial charge in [-0.3, -0.25) is 4.79 Å². The van der Waals surface area contributed by atoms with Crippen LogP contribution < -0.4 is 5.73 Å². The van der Waals surface area contributed by atoms with Crippen LogP contribution in [0.15, 0.2) is 29.4 Å². The number of carbonyl (C=O) groups is 1. The van der Waals surface area contributed by atoms with Crippen LogP contribution in [-0.2, 0) is 16.0 Å². The second kappa shape index (κ2) is 6.38. The lowest BCUT2D eigenvalue weighted by Crippen LogP contribution is -2.50. The van der Waals surface area contributed by atoms with Gasteiger partial charge in [0.1, 0.15) is 6.10 Å². The van der Waals surface area contributed by atoms with E-state index < -0.39 is 6.10 Å². The van der Waals surface area contributed by atoms with E-state index in [-0.39, 0.29) is 11.7 Å². The Morgan fingerprint density at radius 1 is 1.55 bits per heavy atom. The number of amidine groups is 1. The van der Waals surface area contributed by atoms with Gasteiger partial charge in [0.05, 0.1) is 19.6 Å². The van der Waals surface area contributed by atoms with Gasteiger partial charge in [-0.25, -0.2) is 0 Å². The monoisotopic (exact) mass is 277 g/mol. The minimum Gasteiger partial charge on any atom is -0.409 e. The molecule has 108 valence electrons. The molecule has 1 atom stereocenters. The topological polar surface area (TPSA) is 88.2 Å². The molecule has 1 aromatic rings. The van der Waals surface area contributed by atoms with Crippen molar-refractivity contribution in [1.82, 2.24) is 4.90 Å². The average Bonchev–Trinajstić information content (AvgIpc) is 2.49. The molecule has 1 aromatic carbocycles. The van der Waals surface area contributed by atoms with Crippen LogP contribution in [0.3, 0.4) is 0 Å². The van der Waals surface area contributed by atoms with Crippen molar-refractivity contribution in [2.75, 3.05) is 19.7 Å². The molecule has 6 nitrogen and oxygen atoms in total. The number of ether oxygens (including phenoxy) is 1. The van der Waals surface area contributed by atoms with Crippen molar-refractivity contribution in [3.8, 4) is 0 Å². The molecular formula is C14H19N3O3. The van der Waals surface area contributed by atoms with E-state index in [1.165, 1.54) is 0 Å². The van der Waals surface area contributed by atoms with E-state index in [1.54, 1.807) is 4.90 Å². The highest BCUT2D eigenvalue weighted by Gasteiger charge is 2.27. The molecule has 0 aromatic heterocycles. The molecule has 1 amide bonds.